The van der Waals surface area contributed by atoms with E-state index < -0.39 is 11.6 Å². The van der Waals surface area contributed by atoms with E-state index in [4.69, 9.17) is 15.2 Å². The van der Waals surface area contributed by atoms with E-state index in [-0.39, 0.29) is 5.97 Å². The zero-order valence-electron chi connectivity index (χ0n) is 20.3. The third-order valence-electron chi connectivity index (χ3n) is 6.78. The Balaban J connectivity index is 1.54. The molecule has 0 amide bonds. The lowest BCUT2D eigenvalue weighted by Gasteiger charge is -2.39. The molecule has 1 heterocycles. The van der Waals surface area contributed by atoms with Crippen molar-refractivity contribution in [3.63, 3.8) is 0 Å². The lowest BCUT2D eigenvalue weighted by atomic mass is 9.76. The lowest BCUT2D eigenvalue weighted by molar-refractivity contribution is -0.136. The zero-order chi connectivity index (χ0) is 25.0. The van der Waals surface area contributed by atoms with Crippen molar-refractivity contribution in [2.24, 2.45) is 0 Å². The van der Waals surface area contributed by atoms with Gasteiger partial charge in [0.25, 0.3) is 0 Å². The maximum Gasteiger partial charge on any atom is 0.328 e. The first-order valence-electron chi connectivity index (χ1n) is 12.2. The predicted molar refractivity (Wildman–Crippen MR) is 142 cm³/mol. The summed E-state index contributed by atoms with van der Waals surface area (Å²) in [6.07, 6.45) is 0.708. The van der Waals surface area contributed by atoms with Crippen LogP contribution in [0.25, 0.3) is 0 Å². The second-order valence-electron chi connectivity index (χ2n) is 9.05. The molecule has 0 fully saturated rings. The molecule has 0 spiro atoms. The van der Waals surface area contributed by atoms with Crippen LogP contribution >= 0.6 is 0 Å². The Bertz CT molecular complexity index is 1230. The highest BCUT2D eigenvalue weighted by molar-refractivity contribution is 5.79. The van der Waals surface area contributed by atoms with Crippen molar-refractivity contribution in [1.29, 1.82) is 0 Å². The molecule has 0 unspecified atom stereocenters. The monoisotopic (exact) mass is 478 g/mol. The Morgan fingerprint density at radius 1 is 0.833 bits per heavy atom. The van der Waals surface area contributed by atoms with Crippen LogP contribution in [-0.4, -0.2) is 18.6 Å². The van der Waals surface area contributed by atoms with E-state index in [1.807, 2.05) is 61.5 Å². The van der Waals surface area contributed by atoms with E-state index >= 15 is 0 Å². The molecule has 1 atom stereocenters. The fourth-order valence-electron chi connectivity index (χ4n) is 4.98. The van der Waals surface area contributed by atoms with Gasteiger partial charge in [0.1, 0.15) is 11.8 Å². The summed E-state index contributed by atoms with van der Waals surface area (Å²) in [5, 5.41) is 3.66. The number of hydrogen-bond acceptors (Lipinski definition) is 5. The number of nitrogens with one attached hydrogen (secondary N) is 1. The van der Waals surface area contributed by atoms with Crippen LogP contribution in [0.3, 0.4) is 0 Å². The first-order chi connectivity index (χ1) is 17.6. The molecule has 0 saturated heterocycles. The van der Waals surface area contributed by atoms with Crippen LogP contribution in [-0.2, 0) is 28.1 Å². The van der Waals surface area contributed by atoms with Crippen molar-refractivity contribution in [2.75, 3.05) is 12.3 Å². The molecule has 0 bridgehead atoms. The average Bonchev–Trinajstić information content (AvgIpc) is 2.94. The van der Waals surface area contributed by atoms with Gasteiger partial charge in [-0.2, -0.15) is 0 Å². The van der Waals surface area contributed by atoms with Crippen LogP contribution in [0.2, 0.25) is 0 Å². The van der Waals surface area contributed by atoms with Crippen LogP contribution in [0, 0.1) is 0 Å². The summed E-state index contributed by atoms with van der Waals surface area (Å²) in [6.45, 7) is 2.83. The SMILES string of the molecule is C[C@H](NC(c1ccccc1)(c1ccccc1)c1ccccc1)C(=O)Oc1ccc(N)c2c1COCC2. The highest BCUT2D eigenvalue weighted by Crippen LogP contribution is 2.37. The van der Waals surface area contributed by atoms with Crippen molar-refractivity contribution in [1.82, 2.24) is 5.32 Å². The third kappa shape index (κ3) is 4.51. The number of carbonyl (C=O) groups excluding carboxylic acids is 1. The molecule has 3 N–H and O–H groups in total. The fraction of sp³-hybridized carbons (Fsp3) is 0.194. The number of fused-ring (bicyclic) bond motifs is 1. The molecule has 0 radical (unpaired) electrons. The smallest absolute Gasteiger partial charge is 0.328 e. The first-order valence-corrected chi connectivity index (χ1v) is 12.2. The average molecular weight is 479 g/mol. The topological polar surface area (TPSA) is 73.6 Å². The van der Waals surface area contributed by atoms with E-state index in [1.54, 1.807) is 12.1 Å². The van der Waals surface area contributed by atoms with Crippen molar-refractivity contribution in [2.45, 2.75) is 31.5 Å². The van der Waals surface area contributed by atoms with Crippen molar-refractivity contribution < 1.29 is 14.3 Å². The first kappa shape index (κ1) is 23.8. The summed E-state index contributed by atoms with van der Waals surface area (Å²) >= 11 is 0. The second kappa shape index (κ2) is 10.4. The number of anilines is 1. The van der Waals surface area contributed by atoms with E-state index in [0.29, 0.717) is 31.1 Å². The second-order valence-corrected chi connectivity index (χ2v) is 9.05. The van der Waals surface area contributed by atoms with Crippen LogP contribution in [0.5, 0.6) is 5.75 Å². The van der Waals surface area contributed by atoms with Crippen molar-refractivity contribution in [3.8, 4) is 5.75 Å². The maximum absolute atomic E-state index is 13.5. The van der Waals surface area contributed by atoms with Crippen LogP contribution in [0.1, 0.15) is 34.7 Å². The molecule has 36 heavy (non-hydrogen) atoms. The molecule has 0 saturated carbocycles. The predicted octanol–water partition coefficient (Wildman–Crippen LogP) is 5.22. The van der Waals surface area contributed by atoms with Gasteiger partial charge in [-0.15, -0.1) is 0 Å². The quantitative estimate of drug-likeness (QED) is 0.165. The van der Waals surface area contributed by atoms with Gasteiger partial charge in [-0.05, 0) is 47.7 Å². The molecular weight excluding hydrogens is 448 g/mol. The summed E-state index contributed by atoms with van der Waals surface area (Å²) in [7, 11) is 0. The molecule has 1 aliphatic rings. The molecule has 4 aromatic rings. The largest absolute Gasteiger partial charge is 0.425 e. The van der Waals surface area contributed by atoms with Gasteiger partial charge >= 0.3 is 5.97 Å². The molecule has 1 aliphatic heterocycles. The number of benzene rings is 4. The Hall–Kier alpha value is -3.93. The van der Waals surface area contributed by atoms with Gasteiger partial charge in [0.05, 0.1) is 18.8 Å². The standard InChI is InChI=1S/C31H30N2O3/c1-22(30(34)36-29-18-17-28(32)26-19-20-35-21-27(26)29)33-31(23-11-5-2-6-12-23,24-13-7-3-8-14-24)25-15-9-4-10-16-25/h2-18,22,33H,19-21,32H2,1H3/t22-/m0/s1. The summed E-state index contributed by atoms with van der Waals surface area (Å²) in [5.74, 6) is 0.127. The van der Waals surface area contributed by atoms with Crippen molar-refractivity contribution >= 4 is 11.7 Å². The van der Waals surface area contributed by atoms with Crippen LogP contribution in [0.15, 0.2) is 103 Å². The highest BCUT2D eigenvalue weighted by atomic mass is 16.5. The third-order valence-corrected chi connectivity index (χ3v) is 6.78. The maximum atomic E-state index is 13.5. The van der Waals surface area contributed by atoms with Gasteiger partial charge in [0.15, 0.2) is 0 Å². The summed E-state index contributed by atoms with van der Waals surface area (Å²) in [4.78, 5) is 13.5. The number of hydrogen-bond donors (Lipinski definition) is 2. The van der Waals surface area contributed by atoms with Gasteiger partial charge in [0.2, 0.25) is 0 Å². The van der Waals surface area contributed by atoms with E-state index in [2.05, 4.69) is 41.7 Å². The molecule has 5 heteroatoms. The van der Waals surface area contributed by atoms with E-state index in [9.17, 15) is 4.79 Å². The molecular formula is C31H30N2O3. The summed E-state index contributed by atoms with van der Waals surface area (Å²) < 4.78 is 11.6. The molecule has 0 aromatic heterocycles. The summed E-state index contributed by atoms with van der Waals surface area (Å²) in [6, 6.07) is 33.5. The zero-order valence-corrected chi connectivity index (χ0v) is 20.3. The van der Waals surface area contributed by atoms with Gasteiger partial charge < -0.3 is 15.2 Å². The fourth-order valence-corrected chi connectivity index (χ4v) is 4.98. The Morgan fingerprint density at radius 2 is 1.36 bits per heavy atom. The number of esters is 1. The highest BCUT2D eigenvalue weighted by Gasteiger charge is 2.39. The normalized spacial score (nSPS) is 14.0. The van der Waals surface area contributed by atoms with Gasteiger partial charge in [-0.3, -0.25) is 5.32 Å². The molecule has 182 valence electrons. The Kier molecular flexibility index (Phi) is 6.85. The van der Waals surface area contributed by atoms with Crippen LogP contribution < -0.4 is 15.8 Å². The van der Waals surface area contributed by atoms with Gasteiger partial charge in [0, 0.05) is 11.3 Å². The van der Waals surface area contributed by atoms with Crippen molar-refractivity contribution in [3.05, 3.63) is 131 Å². The minimum atomic E-state index is -0.772. The Labute approximate surface area is 211 Å². The number of nitrogen functional groups attached to an aromatic ring is 1. The van der Waals surface area contributed by atoms with Crippen LogP contribution in [0.4, 0.5) is 5.69 Å². The minimum Gasteiger partial charge on any atom is -0.425 e. The molecule has 5 nitrogen and oxygen atoms in total. The van der Waals surface area contributed by atoms with Gasteiger partial charge in [-0.1, -0.05) is 91.0 Å². The molecule has 0 aliphatic carbocycles. The number of carbonyl (C=O) groups is 1. The Morgan fingerprint density at radius 3 is 1.89 bits per heavy atom. The van der Waals surface area contributed by atoms with E-state index in [1.165, 1.54) is 0 Å². The lowest BCUT2D eigenvalue weighted by Crippen LogP contribution is -2.52. The number of ether oxygens (including phenoxy) is 2. The number of nitrogens with two attached hydrogens (primary N) is 1. The van der Waals surface area contributed by atoms with Gasteiger partial charge in [-0.25, -0.2) is 4.79 Å². The number of rotatable bonds is 7. The molecule has 4 aromatic carbocycles. The summed E-state index contributed by atoms with van der Waals surface area (Å²) in [5.41, 5.74) is 11.0. The minimum absolute atomic E-state index is 0.375. The molecule has 5 rings (SSSR count). The van der Waals surface area contributed by atoms with E-state index in [0.717, 1.165) is 27.8 Å².